The maximum absolute atomic E-state index is 9.05. The van der Waals surface area contributed by atoms with Crippen LogP contribution in [0, 0.1) is 0 Å². The highest BCUT2D eigenvalue weighted by molar-refractivity contribution is 4.80. The first-order valence-corrected chi connectivity index (χ1v) is 5.73. The molecule has 15 heavy (non-hydrogen) atoms. The summed E-state index contributed by atoms with van der Waals surface area (Å²) >= 11 is 0. The molecule has 0 aromatic rings. The first-order chi connectivity index (χ1) is 7.05. The second kappa shape index (κ2) is 5.80. The Morgan fingerprint density at radius 1 is 1.47 bits per heavy atom. The van der Waals surface area contributed by atoms with Crippen molar-refractivity contribution in [1.29, 1.82) is 0 Å². The number of rotatable bonds is 5. The molecule has 0 aromatic carbocycles. The van der Waals surface area contributed by atoms with Gasteiger partial charge in [0.25, 0.3) is 0 Å². The van der Waals surface area contributed by atoms with Gasteiger partial charge in [-0.25, -0.2) is 0 Å². The van der Waals surface area contributed by atoms with Crippen LogP contribution in [0.3, 0.4) is 0 Å². The number of hydrogen-bond donors (Lipinski definition) is 2. The average Bonchev–Trinajstić information content (AvgIpc) is 2.27. The number of nitrogens with two attached hydrogens (primary N) is 1. The Bertz CT molecular complexity index is 179. The van der Waals surface area contributed by atoms with E-state index in [0.29, 0.717) is 6.04 Å². The predicted octanol–water partition coefficient (Wildman–Crippen LogP) is 0.197. The molecular weight excluding hydrogens is 192 g/mol. The fourth-order valence-electron chi connectivity index (χ4n) is 1.82. The minimum Gasteiger partial charge on any atom is -0.394 e. The Morgan fingerprint density at radius 2 is 2.07 bits per heavy atom. The van der Waals surface area contributed by atoms with Gasteiger partial charge < -0.3 is 20.5 Å². The number of ether oxygens (including phenoxy) is 1. The fraction of sp³-hybridized carbons (Fsp3) is 1.00. The highest BCUT2D eigenvalue weighted by Crippen LogP contribution is 2.14. The van der Waals surface area contributed by atoms with Gasteiger partial charge in [0.1, 0.15) is 0 Å². The fourth-order valence-corrected chi connectivity index (χ4v) is 1.82. The van der Waals surface area contributed by atoms with E-state index in [0.717, 1.165) is 39.0 Å². The molecule has 0 saturated carbocycles. The summed E-state index contributed by atoms with van der Waals surface area (Å²) in [6, 6.07) is 0.619. The standard InChI is InChI=1S/C11H24N2O2/c1-11(12,9-14)5-6-13(2)10-3-7-15-8-4-10/h10,14H,3-9,12H2,1-2H3. The van der Waals surface area contributed by atoms with Crippen LogP contribution in [-0.4, -0.2) is 55.0 Å². The second-order valence-corrected chi connectivity index (χ2v) is 4.89. The minimum atomic E-state index is -0.445. The van der Waals surface area contributed by atoms with Gasteiger partial charge in [-0.1, -0.05) is 0 Å². The molecule has 0 spiro atoms. The summed E-state index contributed by atoms with van der Waals surface area (Å²) in [6.45, 7) is 4.63. The molecule has 1 fully saturated rings. The number of hydrogen-bond acceptors (Lipinski definition) is 4. The van der Waals surface area contributed by atoms with Crippen molar-refractivity contribution in [3.05, 3.63) is 0 Å². The highest BCUT2D eigenvalue weighted by Gasteiger charge is 2.22. The van der Waals surface area contributed by atoms with Crippen molar-refractivity contribution in [2.75, 3.05) is 33.4 Å². The van der Waals surface area contributed by atoms with Crippen LogP contribution in [-0.2, 0) is 4.74 Å². The van der Waals surface area contributed by atoms with E-state index in [1.54, 1.807) is 0 Å². The third-order valence-electron chi connectivity index (χ3n) is 3.21. The summed E-state index contributed by atoms with van der Waals surface area (Å²) in [4.78, 5) is 2.34. The molecule has 1 heterocycles. The molecule has 1 saturated heterocycles. The molecule has 0 amide bonds. The van der Waals surface area contributed by atoms with Crippen molar-refractivity contribution in [3.8, 4) is 0 Å². The zero-order valence-corrected chi connectivity index (χ0v) is 9.91. The lowest BCUT2D eigenvalue weighted by Gasteiger charge is -2.33. The lowest BCUT2D eigenvalue weighted by molar-refractivity contribution is 0.0398. The third-order valence-corrected chi connectivity index (χ3v) is 3.21. The Hall–Kier alpha value is -0.160. The zero-order chi connectivity index (χ0) is 11.3. The molecule has 0 aliphatic carbocycles. The van der Waals surface area contributed by atoms with Gasteiger partial charge in [-0.15, -0.1) is 0 Å². The monoisotopic (exact) mass is 216 g/mol. The number of aliphatic hydroxyl groups excluding tert-OH is 1. The molecule has 1 unspecified atom stereocenters. The van der Waals surface area contributed by atoms with E-state index in [2.05, 4.69) is 11.9 Å². The van der Waals surface area contributed by atoms with E-state index in [9.17, 15) is 0 Å². The van der Waals surface area contributed by atoms with Crippen LogP contribution in [0.5, 0.6) is 0 Å². The second-order valence-electron chi connectivity index (χ2n) is 4.89. The molecule has 1 aliphatic rings. The van der Waals surface area contributed by atoms with Gasteiger partial charge in [0.05, 0.1) is 6.61 Å². The van der Waals surface area contributed by atoms with Crippen LogP contribution in [0.15, 0.2) is 0 Å². The van der Waals surface area contributed by atoms with Crippen molar-refractivity contribution in [3.63, 3.8) is 0 Å². The smallest absolute Gasteiger partial charge is 0.0608 e. The summed E-state index contributed by atoms with van der Waals surface area (Å²) in [6.07, 6.45) is 3.05. The average molecular weight is 216 g/mol. The van der Waals surface area contributed by atoms with Gasteiger partial charge >= 0.3 is 0 Å². The first-order valence-electron chi connectivity index (χ1n) is 5.73. The number of nitrogens with zero attached hydrogens (tertiary/aromatic N) is 1. The SMILES string of the molecule is CN(CCC(C)(N)CO)C1CCOCC1. The van der Waals surface area contributed by atoms with Crippen molar-refractivity contribution in [2.24, 2.45) is 5.73 Å². The molecule has 1 atom stereocenters. The lowest BCUT2D eigenvalue weighted by Crippen LogP contribution is -2.45. The summed E-state index contributed by atoms with van der Waals surface area (Å²) in [5, 5.41) is 9.05. The lowest BCUT2D eigenvalue weighted by atomic mass is 9.99. The quantitative estimate of drug-likeness (QED) is 0.689. The van der Waals surface area contributed by atoms with Gasteiger partial charge in [0, 0.05) is 24.8 Å². The Kier molecular flexibility index (Phi) is 4.99. The van der Waals surface area contributed by atoms with Gasteiger partial charge in [-0.05, 0) is 39.8 Å². The van der Waals surface area contributed by atoms with Crippen molar-refractivity contribution >= 4 is 0 Å². The van der Waals surface area contributed by atoms with E-state index in [1.165, 1.54) is 0 Å². The van der Waals surface area contributed by atoms with Crippen LogP contribution in [0.25, 0.3) is 0 Å². The topological polar surface area (TPSA) is 58.7 Å². The van der Waals surface area contributed by atoms with Crippen LogP contribution in [0.1, 0.15) is 26.2 Å². The van der Waals surface area contributed by atoms with Gasteiger partial charge in [0.15, 0.2) is 0 Å². The molecule has 0 bridgehead atoms. The molecule has 90 valence electrons. The molecule has 1 rings (SSSR count). The van der Waals surface area contributed by atoms with Crippen LogP contribution < -0.4 is 5.73 Å². The molecule has 0 aromatic heterocycles. The van der Waals surface area contributed by atoms with Gasteiger partial charge in [-0.3, -0.25) is 0 Å². The van der Waals surface area contributed by atoms with E-state index >= 15 is 0 Å². The predicted molar refractivity (Wildman–Crippen MR) is 60.8 cm³/mol. The van der Waals surface area contributed by atoms with Gasteiger partial charge in [0.2, 0.25) is 0 Å². The molecule has 4 nitrogen and oxygen atoms in total. The van der Waals surface area contributed by atoms with E-state index in [1.807, 2.05) is 6.92 Å². The first kappa shape index (κ1) is 12.9. The maximum Gasteiger partial charge on any atom is 0.0608 e. The molecule has 4 heteroatoms. The molecule has 1 aliphatic heterocycles. The van der Waals surface area contributed by atoms with Crippen molar-refractivity contribution in [2.45, 2.75) is 37.8 Å². The van der Waals surface area contributed by atoms with Crippen molar-refractivity contribution < 1.29 is 9.84 Å². The van der Waals surface area contributed by atoms with Crippen molar-refractivity contribution in [1.82, 2.24) is 4.90 Å². The maximum atomic E-state index is 9.05. The van der Waals surface area contributed by atoms with Crippen LogP contribution in [0.4, 0.5) is 0 Å². The van der Waals surface area contributed by atoms with E-state index in [4.69, 9.17) is 15.6 Å². The third kappa shape index (κ3) is 4.47. The highest BCUT2D eigenvalue weighted by atomic mass is 16.5. The molecule has 0 radical (unpaired) electrons. The van der Waals surface area contributed by atoms with E-state index in [-0.39, 0.29) is 6.61 Å². The van der Waals surface area contributed by atoms with Crippen LogP contribution >= 0.6 is 0 Å². The van der Waals surface area contributed by atoms with Crippen LogP contribution in [0.2, 0.25) is 0 Å². The Balaban J connectivity index is 2.25. The Morgan fingerprint density at radius 3 is 2.60 bits per heavy atom. The normalized spacial score (nSPS) is 23.0. The summed E-state index contributed by atoms with van der Waals surface area (Å²) in [5.74, 6) is 0. The molecule has 3 N–H and O–H groups in total. The Labute approximate surface area is 92.4 Å². The van der Waals surface area contributed by atoms with Gasteiger partial charge in [-0.2, -0.15) is 0 Å². The summed E-state index contributed by atoms with van der Waals surface area (Å²) < 4.78 is 5.33. The van der Waals surface area contributed by atoms with E-state index < -0.39 is 5.54 Å². The number of aliphatic hydroxyl groups is 1. The summed E-state index contributed by atoms with van der Waals surface area (Å²) in [7, 11) is 2.13. The molecular formula is C11H24N2O2. The summed E-state index contributed by atoms with van der Waals surface area (Å²) in [5.41, 5.74) is 5.45. The largest absolute Gasteiger partial charge is 0.394 e. The zero-order valence-electron chi connectivity index (χ0n) is 9.91. The minimum absolute atomic E-state index is 0.0502.